The summed E-state index contributed by atoms with van der Waals surface area (Å²) in [5.41, 5.74) is 10.2. The van der Waals surface area contributed by atoms with E-state index in [-0.39, 0.29) is 18.0 Å². The number of aryl methyl sites for hydroxylation is 4. The number of nitrogens with one attached hydrogen (secondary N) is 2. The van der Waals surface area contributed by atoms with Crippen molar-refractivity contribution in [3.63, 3.8) is 0 Å². The van der Waals surface area contributed by atoms with Gasteiger partial charge in [0.05, 0.1) is 23.5 Å². The number of carbonyl (C=O) groups is 1. The molecule has 3 aromatic carbocycles. The van der Waals surface area contributed by atoms with Crippen LogP contribution >= 0.6 is 12.2 Å². The van der Waals surface area contributed by atoms with E-state index in [4.69, 9.17) is 17.2 Å². The third-order valence-electron chi connectivity index (χ3n) is 8.49. The first kappa shape index (κ1) is 28.6. The van der Waals surface area contributed by atoms with Crippen LogP contribution in [-0.4, -0.2) is 32.0 Å². The van der Waals surface area contributed by atoms with Crippen molar-refractivity contribution in [3.8, 4) is 5.69 Å². The van der Waals surface area contributed by atoms with Crippen molar-refractivity contribution in [1.82, 2.24) is 19.8 Å². The van der Waals surface area contributed by atoms with Crippen LogP contribution < -0.4 is 10.6 Å². The number of pyridine rings is 1. The molecule has 6 nitrogen and oxygen atoms in total. The molecule has 0 radical (unpaired) electrons. The van der Waals surface area contributed by atoms with E-state index in [2.05, 4.69) is 85.1 Å². The molecule has 43 heavy (non-hydrogen) atoms. The summed E-state index contributed by atoms with van der Waals surface area (Å²) in [4.78, 5) is 20.2. The maximum absolute atomic E-state index is 13.3. The fourth-order valence-corrected chi connectivity index (χ4v) is 7.04. The van der Waals surface area contributed by atoms with E-state index in [9.17, 15) is 4.79 Å². The number of hydrogen-bond donors (Lipinski definition) is 2. The van der Waals surface area contributed by atoms with Gasteiger partial charge >= 0.3 is 0 Å². The van der Waals surface area contributed by atoms with Crippen LogP contribution in [0.25, 0.3) is 16.5 Å². The first-order chi connectivity index (χ1) is 20.7. The summed E-state index contributed by atoms with van der Waals surface area (Å²) in [5, 5.41) is 9.44. The minimum Gasteiger partial charge on any atom is -0.352 e. The zero-order valence-corrected chi connectivity index (χ0v) is 26.1. The van der Waals surface area contributed by atoms with E-state index >= 15 is 0 Å². The minimum absolute atomic E-state index is 0.0458. The van der Waals surface area contributed by atoms with Crippen LogP contribution in [0, 0.1) is 34.6 Å². The molecule has 1 fully saturated rings. The van der Waals surface area contributed by atoms with E-state index in [1.54, 1.807) is 0 Å². The largest absolute Gasteiger partial charge is 0.352 e. The molecular formula is C36H37N5OS. The SMILES string of the molecule is Cc1cc(C)c(-n2c(C)cc([C@H]3[C@@H](c4ccccn4)NC(=S)N3CCC(=O)Nc3cccc4ccccc34)c2C)c(C)c1. The van der Waals surface area contributed by atoms with Crippen LogP contribution in [0.3, 0.4) is 0 Å². The van der Waals surface area contributed by atoms with Crippen molar-refractivity contribution in [2.45, 2.75) is 53.1 Å². The van der Waals surface area contributed by atoms with Gasteiger partial charge in [0, 0.05) is 41.6 Å². The Kier molecular flexibility index (Phi) is 7.75. The average molecular weight is 588 g/mol. The number of hydrogen-bond acceptors (Lipinski definition) is 3. The molecule has 0 unspecified atom stereocenters. The highest BCUT2D eigenvalue weighted by Gasteiger charge is 2.41. The Morgan fingerprint density at radius 3 is 2.40 bits per heavy atom. The van der Waals surface area contributed by atoms with E-state index in [0.29, 0.717) is 18.1 Å². The maximum atomic E-state index is 13.3. The number of nitrogens with zero attached hydrogens (tertiary/aromatic N) is 3. The second-order valence-corrected chi connectivity index (χ2v) is 11.9. The third kappa shape index (κ3) is 5.41. The fourth-order valence-electron chi connectivity index (χ4n) is 6.71. The molecule has 0 spiro atoms. The fraction of sp³-hybridized carbons (Fsp3) is 0.250. The van der Waals surface area contributed by atoms with Crippen molar-refractivity contribution in [3.05, 3.63) is 124 Å². The van der Waals surface area contributed by atoms with Gasteiger partial charge < -0.3 is 20.1 Å². The predicted molar refractivity (Wildman–Crippen MR) is 179 cm³/mol. The zero-order chi connectivity index (χ0) is 30.2. The van der Waals surface area contributed by atoms with E-state index < -0.39 is 0 Å². The number of rotatable bonds is 7. The van der Waals surface area contributed by atoms with Gasteiger partial charge in [-0.3, -0.25) is 9.78 Å². The van der Waals surface area contributed by atoms with E-state index in [0.717, 1.165) is 33.5 Å². The number of carbonyl (C=O) groups excluding carboxylic acids is 1. The Balaban J connectivity index is 1.34. The smallest absolute Gasteiger partial charge is 0.226 e. The van der Waals surface area contributed by atoms with Gasteiger partial charge in [-0.1, -0.05) is 60.2 Å². The zero-order valence-electron chi connectivity index (χ0n) is 25.3. The van der Waals surface area contributed by atoms with Gasteiger partial charge in [-0.25, -0.2) is 0 Å². The van der Waals surface area contributed by atoms with Gasteiger partial charge in [0.2, 0.25) is 5.91 Å². The first-order valence-electron chi connectivity index (χ1n) is 14.8. The number of thiocarbonyl (C=S) groups is 1. The molecule has 218 valence electrons. The van der Waals surface area contributed by atoms with Crippen LogP contribution in [0.15, 0.2) is 85.1 Å². The summed E-state index contributed by atoms with van der Waals surface area (Å²) < 4.78 is 2.36. The highest BCUT2D eigenvalue weighted by molar-refractivity contribution is 7.80. The Labute approximate surface area is 258 Å². The molecule has 1 saturated heterocycles. The summed E-state index contributed by atoms with van der Waals surface area (Å²) in [6, 6.07) is 26.5. The summed E-state index contributed by atoms with van der Waals surface area (Å²) >= 11 is 5.92. The molecule has 5 aromatic rings. The highest BCUT2D eigenvalue weighted by atomic mass is 32.1. The molecule has 7 heteroatoms. The third-order valence-corrected chi connectivity index (χ3v) is 8.84. The maximum Gasteiger partial charge on any atom is 0.226 e. The van der Waals surface area contributed by atoms with Crippen LogP contribution in [0.1, 0.15) is 57.8 Å². The van der Waals surface area contributed by atoms with Crippen molar-refractivity contribution in [2.24, 2.45) is 0 Å². The Hall–Kier alpha value is -4.49. The van der Waals surface area contributed by atoms with Crippen LogP contribution in [0.5, 0.6) is 0 Å². The van der Waals surface area contributed by atoms with E-state index in [1.807, 2.05) is 54.7 Å². The van der Waals surface area contributed by atoms with Crippen molar-refractivity contribution >= 4 is 39.7 Å². The summed E-state index contributed by atoms with van der Waals surface area (Å²) in [6.07, 6.45) is 2.12. The second-order valence-electron chi connectivity index (χ2n) is 11.6. The van der Waals surface area contributed by atoms with Gasteiger partial charge in [-0.2, -0.15) is 0 Å². The highest BCUT2D eigenvalue weighted by Crippen LogP contribution is 2.42. The Morgan fingerprint density at radius 2 is 1.65 bits per heavy atom. The summed E-state index contributed by atoms with van der Waals surface area (Å²) in [6.45, 7) is 11.3. The van der Waals surface area contributed by atoms with Crippen molar-refractivity contribution < 1.29 is 4.79 Å². The monoisotopic (exact) mass is 587 g/mol. The second kappa shape index (κ2) is 11.7. The molecule has 1 amide bonds. The molecule has 0 bridgehead atoms. The predicted octanol–water partition coefficient (Wildman–Crippen LogP) is 7.57. The molecule has 3 heterocycles. The standard InChI is InChI=1S/C36H37N5OS/c1-22-19-23(2)34(24(3)20-22)41-25(4)21-29(26(41)5)35-33(31-14-8-9-17-37-31)39-36(43)40(35)18-16-32(42)38-30-15-10-12-27-11-6-7-13-28(27)30/h6-15,17,19-21,33,35H,16,18H2,1-5H3,(H,38,42)(H,39,43)/t33-,35+/m1/s1. The summed E-state index contributed by atoms with van der Waals surface area (Å²) in [7, 11) is 0. The van der Waals surface area contributed by atoms with Crippen LogP contribution in [0.2, 0.25) is 0 Å². The topological polar surface area (TPSA) is 62.2 Å². The van der Waals surface area contributed by atoms with Gasteiger partial charge in [-0.05, 0) is 93.2 Å². The van der Waals surface area contributed by atoms with Crippen LogP contribution in [0.4, 0.5) is 5.69 Å². The number of anilines is 1. The number of amides is 1. The average Bonchev–Trinajstić information content (AvgIpc) is 3.46. The Morgan fingerprint density at radius 1 is 0.930 bits per heavy atom. The van der Waals surface area contributed by atoms with Gasteiger partial charge in [-0.15, -0.1) is 0 Å². The van der Waals surface area contributed by atoms with E-state index in [1.165, 1.54) is 27.9 Å². The number of aromatic nitrogens is 2. The van der Waals surface area contributed by atoms with Crippen LogP contribution in [-0.2, 0) is 4.79 Å². The molecular weight excluding hydrogens is 550 g/mol. The minimum atomic E-state index is -0.149. The first-order valence-corrected chi connectivity index (χ1v) is 15.2. The van der Waals surface area contributed by atoms with Crippen molar-refractivity contribution in [2.75, 3.05) is 11.9 Å². The molecule has 6 rings (SSSR count). The lowest BCUT2D eigenvalue weighted by atomic mass is 9.96. The summed E-state index contributed by atoms with van der Waals surface area (Å²) in [5.74, 6) is -0.0458. The lowest BCUT2D eigenvalue weighted by Gasteiger charge is -2.28. The van der Waals surface area contributed by atoms with Gasteiger partial charge in [0.1, 0.15) is 0 Å². The molecule has 1 aliphatic rings. The molecule has 1 aliphatic heterocycles. The lowest BCUT2D eigenvalue weighted by molar-refractivity contribution is -0.116. The molecule has 2 aromatic heterocycles. The molecule has 0 saturated carbocycles. The molecule has 2 N–H and O–H groups in total. The normalized spacial score (nSPS) is 16.5. The Bertz CT molecular complexity index is 1820. The van der Waals surface area contributed by atoms with Gasteiger partial charge in [0.25, 0.3) is 0 Å². The quantitative estimate of drug-likeness (QED) is 0.192. The molecule has 0 aliphatic carbocycles. The number of fused-ring (bicyclic) bond motifs is 1. The van der Waals surface area contributed by atoms with Gasteiger partial charge in [0.15, 0.2) is 5.11 Å². The number of benzene rings is 3. The lowest BCUT2D eigenvalue weighted by Crippen LogP contribution is -2.33. The molecule has 2 atom stereocenters. The van der Waals surface area contributed by atoms with Crippen molar-refractivity contribution in [1.29, 1.82) is 0 Å².